The molecule has 0 N–H and O–H groups in total. The van der Waals surface area contributed by atoms with Crippen molar-refractivity contribution in [3.63, 3.8) is 0 Å². The van der Waals surface area contributed by atoms with Crippen LogP contribution in [0.2, 0.25) is 5.02 Å². The van der Waals surface area contributed by atoms with Crippen molar-refractivity contribution in [2.75, 3.05) is 13.2 Å². The first-order valence-electron chi connectivity index (χ1n) is 9.11. The molecule has 1 aliphatic rings. The van der Waals surface area contributed by atoms with Crippen LogP contribution in [0.25, 0.3) is 0 Å². The van der Waals surface area contributed by atoms with Gasteiger partial charge in [-0.05, 0) is 36.1 Å². The van der Waals surface area contributed by atoms with Crippen LogP contribution >= 0.6 is 11.6 Å². The van der Waals surface area contributed by atoms with E-state index in [-0.39, 0.29) is 12.0 Å². The molecule has 1 fully saturated rings. The van der Waals surface area contributed by atoms with Crippen LogP contribution in [-0.2, 0) is 21.5 Å². The van der Waals surface area contributed by atoms with Gasteiger partial charge in [0.25, 0.3) is 0 Å². The zero-order valence-electron chi connectivity index (χ0n) is 15.4. The average Bonchev–Trinajstić information content (AvgIpc) is 2.69. The smallest absolute Gasteiger partial charge is 0.302 e. The fourth-order valence-corrected chi connectivity index (χ4v) is 3.87. The molecule has 1 heterocycles. The number of piperidine rings is 1. The van der Waals surface area contributed by atoms with Gasteiger partial charge in [-0.3, -0.25) is 9.69 Å². The molecule has 140 valence electrons. The number of halogens is 1. The van der Waals surface area contributed by atoms with E-state index in [1.54, 1.807) is 0 Å². The average molecular weight is 383 g/mol. The van der Waals surface area contributed by atoms with Crippen molar-refractivity contribution in [2.24, 2.45) is 0 Å². The summed E-state index contributed by atoms with van der Waals surface area (Å²) in [5, 5.41) is 10.7. The number of hydrogen-bond donors (Lipinski definition) is 0. The molecule has 0 amide bonds. The second-order valence-corrected chi connectivity index (χ2v) is 7.50. The molecule has 0 bridgehead atoms. The Morgan fingerprint density at radius 1 is 1.26 bits per heavy atom. The zero-order valence-corrected chi connectivity index (χ0v) is 16.2. The summed E-state index contributed by atoms with van der Waals surface area (Å²) >= 11 is 5.98. The molecule has 27 heavy (non-hydrogen) atoms. The van der Waals surface area contributed by atoms with Gasteiger partial charge in [-0.25, -0.2) is 0 Å². The second-order valence-electron chi connectivity index (χ2n) is 7.07. The van der Waals surface area contributed by atoms with Crippen molar-refractivity contribution >= 4 is 17.6 Å². The highest BCUT2D eigenvalue weighted by Gasteiger charge is 2.41. The van der Waals surface area contributed by atoms with Crippen LogP contribution < -0.4 is 0 Å². The lowest BCUT2D eigenvalue weighted by Gasteiger charge is -2.43. The molecule has 2 atom stereocenters. The van der Waals surface area contributed by atoms with Gasteiger partial charge in [0.2, 0.25) is 0 Å². The van der Waals surface area contributed by atoms with Gasteiger partial charge in [0.15, 0.2) is 0 Å². The van der Waals surface area contributed by atoms with E-state index in [0.29, 0.717) is 18.1 Å². The van der Waals surface area contributed by atoms with E-state index >= 15 is 0 Å². The lowest BCUT2D eigenvalue weighted by molar-refractivity contribution is -0.143. The summed E-state index contributed by atoms with van der Waals surface area (Å²) in [5.41, 5.74) is 1.63. The maximum absolute atomic E-state index is 11.4. The van der Waals surface area contributed by atoms with Gasteiger partial charge < -0.3 is 4.74 Å². The summed E-state index contributed by atoms with van der Waals surface area (Å²) in [4.78, 5) is 13.7. The predicted molar refractivity (Wildman–Crippen MR) is 105 cm³/mol. The molecule has 5 heteroatoms. The minimum atomic E-state index is -0.553. The van der Waals surface area contributed by atoms with E-state index in [1.807, 2.05) is 54.6 Å². The largest absolute Gasteiger partial charge is 0.464 e. The Kier molecular flexibility index (Phi) is 6.15. The number of carbonyl (C=O) groups is 1. The topological polar surface area (TPSA) is 53.3 Å². The highest BCUT2D eigenvalue weighted by molar-refractivity contribution is 6.30. The number of nitrogens with zero attached hydrogens (tertiary/aromatic N) is 2. The van der Waals surface area contributed by atoms with Gasteiger partial charge in [-0.1, -0.05) is 54.1 Å². The summed E-state index contributed by atoms with van der Waals surface area (Å²) in [6, 6.07) is 20.2. The fourth-order valence-electron chi connectivity index (χ4n) is 3.75. The minimum Gasteiger partial charge on any atom is -0.464 e. The van der Waals surface area contributed by atoms with Crippen molar-refractivity contribution in [3.05, 3.63) is 70.7 Å². The molecule has 2 aromatic carbocycles. The van der Waals surface area contributed by atoms with E-state index in [2.05, 4.69) is 11.0 Å². The van der Waals surface area contributed by atoms with Gasteiger partial charge in [0.05, 0.1) is 11.5 Å². The molecule has 0 saturated carbocycles. The third-order valence-electron chi connectivity index (χ3n) is 5.24. The van der Waals surface area contributed by atoms with Crippen LogP contribution in [0.4, 0.5) is 0 Å². The minimum absolute atomic E-state index is 0.0156. The van der Waals surface area contributed by atoms with E-state index in [4.69, 9.17) is 16.3 Å². The maximum Gasteiger partial charge on any atom is 0.302 e. The Morgan fingerprint density at radius 3 is 2.59 bits per heavy atom. The first-order valence-corrected chi connectivity index (χ1v) is 9.49. The molecule has 3 rings (SSSR count). The molecule has 0 aromatic heterocycles. The number of ether oxygens (including phenoxy) is 1. The van der Waals surface area contributed by atoms with Crippen LogP contribution in [0.5, 0.6) is 0 Å². The van der Waals surface area contributed by atoms with E-state index in [1.165, 1.54) is 6.92 Å². The number of nitriles is 1. The molecule has 0 aliphatic carbocycles. The lowest BCUT2D eigenvalue weighted by Crippen LogP contribution is -2.50. The summed E-state index contributed by atoms with van der Waals surface area (Å²) in [6.07, 6.45) is 1.38. The second kappa shape index (κ2) is 8.56. The summed E-state index contributed by atoms with van der Waals surface area (Å²) in [6.45, 7) is 3.21. The summed E-state index contributed by atoms with van der Waals surface area (Å²) in [7, 11) is 0. The lowest BCUT2D eigenvalue weighted by atomic mass is 9.71. The van der Waals surface area contributed by atoms with Crippen LogP contribution in [0.15, 0.2) is 54.6 Å². The number of esters is 1. The van der Waals surface area contributed by atoms with Crippen LogP contribution in [0, 0.1) is 11.3 Å². The number of hydrogen-bond acceptors (Lipinski definition) is 4. The summed E-state index contributed by atoms with van der Waals surface area (Å²) < 4.78 is 5.33. The van der Waals surface area contributed by atoms with E-state index < -0.39 is 5.41 Å². The highest BCUT2D eigenvalue weighted by atomic mass is 35.5. The normalized spacial score (nSPS) is 22.8. The Labute approximate surface area is 165 Å². The Balaban J connectivity index is 1.82. The molecule has 2 aromatic rings. The zero-order chi connectivity index (χ0) is 19.3. The molecule has 4 nitrogen and oxygen atoms in total. The fraction of sp³-hybridized carbons (Fsp3) is 0.364. The SMILES string of the molecule is CC(=O)OC[C@H]1C[C@@](C#N)(c2ccccc2)CCN1Cc1ccc(Cl)cc1. The van der Waals surface area contributed by atoms with Gasteiger partial charge >= 0.3 is 5.97 Å². The molecule has 1 aliphatic heterocycles. The predicted octanol–water partition coefficient (Wildman–Crippen LogP) is 4.33. The Morgan fingerprint density at radius 2 is 1.96 bits per heavy atom. The number of likely N-dealkylation sites (tertiary alicyclic amines) is 1. The maximum atomic E-state index is 11.4. The van der Waals surface area contributed by atoms with Crippen molar-refractivity contribution in [1.82, 2.24) is 4.90 Å². The highest BCUT2D eigenvalue weighted by Crippen LogP contribution is 2.38. The van der Waals surface area contributed by atoms with Gasteiger partial charge in [0.1, 0.15) is 6.61 Å². The Bertz CT molecular complexity index is 816. The van der Waals surface area contributed by atoms with Crippen molar-refractivity contribution in [1.29, 1.82) is 5.26 Å². The third-order valence-corrected chi connectivity index (χ3v) is 5.50. The molecular weight excluding hydrogens is 360 g/mol. The Hall–Kier alpha value is -2.35. The van der Waals surface area contributed by atoms with Gasteiger partial charge in [0, 0.05) is 31.1 Å². The quantitative estimate of drug-likeness (QED) is 0.722. The van der Waals surface area contributed by atoms with Crippen molar-refractivity contribution in [3.8, 4) is 6.07 Å². The van der Waals surface area contributed by atoms with Gasteiger partial charge in [-0.2, -0.15) is 5.26 Å². The molecule has 0 unspecified atom stereocenters. The van der Waals surface area contributed by atoms with Crippen molar-refractivity contribution < 1.29 is 9.53 Å². The summed E-state index contributed by atoms with van der Waals surface area (Å²) in [5.74, 6) is -0.297. The number of carbonyl (C=O) groups excluding carboxylic acids is 1. The van der Waals surface area contributed by atoms with Crippen LogP contribution in [0.3, 0.4) is 0 Å². The van der Waals surface area contributed by atoms with Gasteiger partial charge in [-0.15, -0.1) is 0 Å². The number of rotatable bonds is 5. The monoisotopic (exact) mass is 382 g/mol. The standard InChI is InChI=1S/C22H23ClN2O2/c1-17(26)27-15-21-13-22(16-24,19-5-3-2-4-6-19)11-12-25(21)14-18-7-9-20(23)10-8-18/h2-10,21H,11-15H2,1H3/t21-,22+/m1/s1. The third kappa shape index (κ3) is 4.68. The van der Waals surface area contributed by atoms with Crippen molar-refractivity contribution in [2.45, 2.75) is 37.8 Å². The van der Waals surface area contributed by atoms with Crippen LogP contribution in [0.1, 0.15) is 30.9 Å². The molecule has 1 saturated heterocycles. The first kappa shape index (κ1) is 19.4. The van der Waals surface area contributed by atoms with E-state index in [0.717, 1.165) is 30.6 Å². The number of benzene rings is 2. The van der Waals surface area contributed by atoms with E-state index in [9.17, 15) is 10.1 Å². The first-order chi connectivity index (χ1) is 13.0. The molecule has 0 radical (unpaired) electrons. The molecular formula is C22H23ClN2O2. The van der Waals surface area contributed by atoms with Crippen LogP contribution in [-0.4, -0.2) is 30.1 Å². The molecule has 0 spiro atoms.